The maximum absolute atomic E-state index is 12.4. The zero-order valence-electron chi connectivity index (χ0n) is 11.8. The van der Waals surface area contributed by atoms with E-state index in [0.29, 0.717) is 10.7 Å². The maximum Gasteiger partial charge on any atom is 0.346 e. The monoisotopic (exact) mass is 315 g/mol. The number of aromatic nitrogens is 3. The van der Waals surface area contributed by atoms with Crippen LogP contribution < -0.4 is 5.56 Å². The number of nitrogens with zero attached hydrogens (tertiary/aromatic N) is 2. The predicted octanol–water partition coefficient (Wildman–Crippen LogP) is 2.10. The smallest absolute Gasteiger partial charge is 0.346 e. The lowest BCUT2D eigenvalue weighted by atomic mass is 10.2. The van der Waals surface area contributed by atoms with Gasteiger partial charge in [0.15, 0.2) is 11.2 Å². The first kappa shape index (κ1) is 14.4. The summed E-state index contributed by atoms with van der Waals surface area (Å²) in [6, 6.07) is 11.0. The van der Waals surface area contributed by atoms with E-state index in [-0.39, 0.29) is 12.2 Å². The minimum Gasteiger partial charge on any atom is -0.457 e. The van der Waals surface area contributed by atoms with Crippen molar-refractivity contribution in [2.45, 2.75) is 11.6 Å². The van der Waals surface area contributed by atoms with E-state index in [1.165, 1.54) is 16.3 Å². The van der Waals surface area contributed by atoms with Crippen LogP contribution in [0.25, 0.3) is 5.65 Å². The van der Waals surface area contributed by atoms with Gasteiger partial charge in [-0.15, -0.1) is 11.8 Å². The third-order valence-electron chi connectivity index (χ3n) is 3.12. The highest BCUT2D eigenvalue weighted by atomic mass is 32.2. The summed E-state index contributed by atoms with van der Waals surface area (Å²) >= 11 is 1.24. The Bertz CT molecular complexity index is 871. The van der Waals surface area contributed by atoms with E-state index < -0.39 is 11.5 Å². The van der Waals surface area contributed by atoms with Crippen LogP contribution in [0.15, 0.2) is 52.4 Å². The Morgan fingerprint density at radius 3 is 2.82 bits per heavy atom. The summed E-state index contributed by atoms with van der Waals surface area (Å²) in [7, 11) is 0. The van der Waals surface area contributed by atoms with E-state index in [2.05, 4.69) is 10.1 Å². The summed E-state index contributed by atoms with van der Waals surface area (Å²) in [5.41, 5.74) is 0.810. The number of carbonyl (C=O) groups excluding carboxylic acids is 1. The Balaban J connectivity index is 1.93. The quantitative estimate of drug-likeness (QED) is 0.453. The molecule has 2 heterocycles. The van der Waals surface area contributed by atoms with E-state index in [9.17, 15) is 9.59 Å². The number of esters is 1. The number of hydrogen-bond donors (Lipinski definition) is 1. The van der Waals surface area contributed by atoms with Gasteiger partial charge in [-0.05, 0) is 11.8 Å². The number of nitrogens with one attached hydrogen (secondary N) is 1. The molecule has 3 rings (SSSR count). The number of ether oxygens (including phenoxy) is 1. The third-order valence-corrected chi connectivity index (χ3v) is 3.80. The molecular weight excluding hydrogens is 302 g/mol. The topological polar surface area (TPSA) is 76.5 Å². The van der Waals surface area contributed by atoms with Crippen LogP contribution in [0.3, 0.4) is 0 Å². The molecule has 112 valence electrons. The summed E-state index contributed by atoms with van der Waals surface area (Å²) < 4.78 is 6.46. The molecule has 0 saturated heterocycles. The van der Waals surface area contributed by atoms with Gasteiger partial charge >= 0.3 is 5.97 Å². The van der Waals surface area contributed by atoms with E-state index in [0.717, 1.165) is 5.56 Å². The van der Waals surface area contributed by atoms with Gasteiger partial charge in [-0.3, -0.25) is 9.89 Å². The van der Waals surface area contributed by atoms with Gasteiger partial charge in [0, 0.05) is 12.3 Å². The molecule has 7 heteroatoms. The number of fused-ring (bicyclic) bond motifs is 1. The zero-order chi connectivity index (χ0) is 15.5. The first-order valence-corrected chi connectivity index (χ1v) is 7.78. The fourth-order valence-corrected chi connectivity index (χ4v) is 2.62. The number of benzene rings is 1. The highest BCUT2D eigenvalue weighted by molar-refractivity contribution is 7.98. The average molecular weight is 315 g/mol. The molecule has 2 aromatic heterocycles. The molecule has 0 atom stereocenters. The Morgan fingerprint density at radius 2 is 2.09 bits per heavy atom. The number of H-pyrrole nitrogens is 1. The number of hydrogen-bond acceptors (Lipinski definition) is 5. The van der Waals surface area contributed by atoms with Crippen molar-refractivity contribution in [1.29, 1.82) is 0 Å². The standard InChI is InChI=1S/C15H13N3O3S/c1-22-13-12(14(19)18-11(17-13)7-8-16-18)15(20)21-9-10-5-3-2-4-6-10/h2-8,16H,9H2,1H3. The van der Waals surface area contributed by atoms with Crippen molar-refractivity contribution in [3.05, 3.63) is 64.1 Å². The second-order valence-electron chi connectivity index (χ2n) is 4.52. The summed E-state index contributed by atoms with van der Waals surface area (Å²) in [5, 5.41) is 3.10. The molecule has 3 aromatic rings. The SMILES string of the molecule is CSc1nc2cc[nH]n2c(=O)c1C(=O)OCc1ccccc1. The van der Waals surface area contributed by atoms with Crippen molar-refractivity contribution in [2.24, 2.45) is 0 Å². The van der Waals surface area contributed by atoms with Crippen LogP contribution in [-0.2, 0) is 11.3 Å². The Morgan fingerprint density at radius 1 is 1.32 bits per heavy atom. The minimum atomic E-state index is -0.672. The number of carbonyl (C=O) groups is 1. The first-order valence-electron chi connectivity index (χ1n) is 6.56. The molecule has 0 aliphatic carbocycles. The summed E-state index contributed by atoms with van der Waals surface area (Å²) in [6.45, 7) is 0.111. The summed E-state index contributed by atoms with van der Waals surface area (Å²) in [6.07, 6.45) is 3.35. The Kier molecular flexibility index (Phi) is 3.97. The number of thioether (sulfide) groups is 1. The van der Waals surface area contributed by atoms with Crippen molar-refractivity contribution in [2.75, 3.05) is 6.26 Å². The molecule has 0 unspecified atom stereocenters. The molecule has 0 aliphatic heterocycles. The Hall–Kier alpha value is -2.54. The van der Waals surface area contributed by atoms with Gasteiger partial charge < -0.3 is 4.74 Å². The lowest BCUT2D eigenvalue weighted by Gasteiger charge is -2.07. The molecule has 0 fully saturated rings. The molecule has 1 N–H and O–H groups in total. The molecular formula is C15H13N3O3S. The third kappa shape index (κ3) is 2.62. The van der Waals surface area contributed by atoms with Crippen molar-refractivity contribution in [1.82, 2.24) is 14.6 Å². The molecule has 6 nitrogen and oxygen atoms in total. The van der Waals surface area contributed by atoms with Gasteiger partial charge in [0.1, 0.15) is 11.6 Å². The molecule has 0 aliphatic rings. The van der Waals surface area contributed by atoms with Crippen LogP contribution in [0.1, 0.15) is 15.9 Å². The predicted molar refractivity (Wildman–Crippen MR) is 83.2 cm³/mol. The van der Waals surface area contributed by atoms with Crippen LogP contribution in [0.5, 0.6) is 0 Å². The van der Waals surface area contributed by atoms with Gasteiger partial charge in [0.25, 0.3) is 5.56 Å². The lowest BCUT2D eigenvalue weighted by Crippen LogP contribution is -2.26. The van der Waals surface area contributed by atoms with Crippen molar-refractivity contribution in [3.63, 3.8) is 0 Å². The van der Waals surface area contributed by atoms with Gasteiger partial charge in [-0.1, -0.05) is 30.3 Å². The van der Waals surface area contributed by atoms with E-state index in [4.69, 9.17) is 4.74 Å². The fourth-order valence-electron chi connectivity index (χ4n) is 2.06. The molecule has 0 radical (unpaired) electrons. The van der Waals surface area contributed by atoms with Crippen LogP contribution >= 0.6 is 11.8 Å². The number of rotatable bonds is 4. The van der Waals surface area contributed by atoms with E-state index in [1.54, 1.807) is 18.5 Å². The summed E-state index contributed by atoms with van der Waals surface area (Å²) in [4.78, 5) is 29.0. The maximum atomic E-state index is 12.4. The van der Waals surface area contributed by atoms with Gasteiger partial charge in [0.2, 0.25) is 0 Å². The van der Waals surface area contributed by atoms with Crippen molar-refractivity contribution >= 4 is 23.4 Å². The zero-order valence-corrected chi connectivity index (χ0v) is 12.6. The van der Waals surface area contributed by atoms with Gasteiger partial charge in [0.05, 0.1) is 0 Å². The van der Waals surface area contributed by atoms with E-state index >= 15 is 0 Å². The fraction of sp³-hybridized carbons (Fsp3) is 0.133. The molecule has 22 heavy (non-hydrogen) atoms. The minimum absolute atomic E-state index is 0.0524. The normalized spacial score (nSPS) is 10.8. The highest BCUT2D eigenvalue weighted by Crippen LogP contribution is 2.17. The van der Waals surface area contributed by atoms with Crippen molar-refractivity contribution in [3.8, 4) is 0 Å². The van der Waals surface area contributed by atoms with Crippen LogP contribution in [-0.4, -0.2) is 26.8 Å². The summed E-state index contributed by atoms with van der Waals surface area (Å²) in [5.74, 6) is -0.672. The second-order valence-corrected chi connectivity index (χ2v) is 5.31. The van der Waals surface area contributed by atoms with Crippen LogP contribution in [0.2, 0.25) is 0 Å². The second kappa shape index (κ2) is 6.07. The van der Waals surface area contributed by atoms with Crippen molar-refractivity contribution < 1.29 is 9.53 Å². The molecule has 0 spiro atoms. The van der Waals surface area contributed by atoms with E-state index in [1.807, 2.05) is 30.3 Å². The number of aromatic amines is 1. The average Bonchev–Trinajstić information content (AvgIpc) is 3.02. The Labute approximate surface area is 130 Å². The lowest BCUT2D eigenvalue weighted by molar-refractivity contribution is 0.0465. The van der Waals surface area contributed by atoms with Gasteiger partial charge in [-0.25, -0.2) is 14.3 Å². The molecule has 0 amide bonds. The molecule has 0 bridgehead atoms. The first-order chi connectivity index (χ1) is 10.7. The molecule has 1 aromatic carbocycles. The largest absolute Gasteiger partial charge is 0.457 e. The van der Waals surface area contributed by atoms with Crippen LogP contribution in [0, 0.1) is 0 Å². The molecule has 0 saturated carbocycles. The van der Waals surface area contributed by atoms with Gasteiger partial charge in [-0.2, -0.15) is 0 Å². The highest BCUT2D eigenvalue weighted by Gasteiger charge is 2.21. The van der Waals surface area contributed by atoms with Crippen LogP contribution in [0.4, 0.5) is 0 Å².